The van der Waals surface area contributed by atoms with Crippen LogP contribution in [0.3, 0.4) is 0 Å². The van der Waals surface area contributed by atoms with Crippen LogP contribution >= 0.6 is 11.6 Å². The number of nitrogens with zero attached hydrogens (tertiary/aromatic N) is 2. The maximum atomic E-state index is 13.0. The number of carbonyl (C=O) groups is 3. The van der Waals surface area contributed by atoms with Gasteiger partial charge in [0.05, 0.1) is 12.0 Å². The van der Waals surface area contributed by atoms with E-state index < -0.39 is 37.0 Å². The van der Waals surface area contributed by atoms with Gasteiger partial charge in [0.2, 0.25) is 0 Å². The number of hydrogen-bond donors (Lipinski definition) is 1. The average Bonchev–Trinajstić information content (AvgIpc) is 3.67. The summed E-state index contributed by atoms with van der Waals surface area (Å²) < 4.78 is 16.4. The minimum absolute atomic E-state index is 0.340. The Morgan fingerprint density at radius 2 is 1.65 bits per heavy atom. The third-order valence-corrected chi connectivity index (χ3v) is 6.31. The van der Waals surface area contributed by atoms with Gasteiger partial charge in [0.15, 0.2) is 6.61 Å². The second-order valence-electron chi connectivity index (χ2n) is 8.81. The highest BCUT2D eigenvalue weighted by Crippen LogP contribution is 2.33. The monoisotopic (exact) mass is 557 g/mol. The molecule has 1 aliphatic heterocycles. The first-order valence-electron chi connectivity index (χ1n) is 12.4. The predicted octanol–water partition coefficient (Wildman–Crippen LogP) is 5.38. The summed E-state index contributed by atoms with van der Waals surface area (Å²) >= 11 is 5.99. The minimum atomic E-state index is -0.763. The Bertz CT molecular complexity index is 1500. The maximum absolute atomic E-state index is 13.0. The summed E-state index contributed by atoms with van der Waals surface area (Å²) in [6.45, 7) is -0.954. The third-order valence-electron chi connectivity index (χ3n) is 6.06. The van der Waals surface area contributed by atoms with Gasteiger partial charge in [-0.05, 0) is 66.2 Å². The number of furan rings is 1. The summed E-state index contributed by atoms with van der Waals surface area (Å²) in [5.74, 6) is 0.0371. The topological polar surface area (TPSA) is 110 Å². The lowest BCUT2D eigenvalue weighted by molar-refractivity contribution is -0.152. The Morgan fingerprint density at radius 3 is 2.35 bits per heavy atom. The molecule has 1 atom stereocenters. The van der Waals surface area contributed by atoms with Crippen LogP contribution in [-0.2, 0) is 14.3 Å². The van der Waals surface area contributed by atoms with E-state index in [2.05, 4.69) is 10.4 Å². The molecule has 0 saturated heterocycles. The molecule has 0 saturated carbocycles. The van der Waals surface area contributed by atoms with Gasteiger partial charge in [0.25, 0.3) is 11.8 Å². The van der Waals surface area contributed by atoms with Crippen LogP contribution in [0, 0.1) is 0 Å². The van der Waals surface area contributed by atoms with Crippen LogP contribution in [0.4, 0.5) is 0 Å². The number of rotatable bonds is 9. The maximum Gasteiger partial charge on any atom is 0.325 e. The number of hydrogen-bond acceptors (Lipinski definition) is 7. The van der Waals surface area contributed by atoms with E-state index in [9.17, 15) is 14.4 Å². The smallest absolute Gasteiger partial charge is 0.325 e. The highest BCUT2D eigenvalue weighted by atomic mass is 35.5. The van der Waals surface area contributed by atoms with Gasteiger partial charge < -0.3 is 19.2 Å². The van der Waals surface area contributed by atoms with Gasteiger partial charge in [-0.3, -0.25) is 14.4 Å². The lowest BCUT2D eigenvalue weighted by atomic mass is 10.0. The Hall–Kier alpha value is -4.89. The van der Waals surface area contributed by atoms with Crippen molar-refractivity contribution in [3.63, 3.8) is 0 Å². The van der Waals surface area contributed by atoms with Gasteiger partial charge in [0.1, 0.15) is 29.8 Å². The van der Waals surface area contributed by atoms with Gasteiger partial charge in [-0.2, -0.15) is 5.10 Å². The molecule has 202 valence electrons. The number of nitrogens with one attached hydrogen (secondary N) is 1. The van der Waals surface area contributed by atoms with Gasteiger partial charge >= 0.3 is 5.97 Å². The number of hydrazone groups is 1. The molecule has 1 N–H and O–H groups in total. The minimum Gasteiger partial charge on any atom is -0.467 e. The van der Waals surface area contributed by atoms with Crippen LogP contribution < -0.4 is 10.1 Å². The van der Waals surface area contributed by atoms with Crippen molar-refractivity contribution >= 4 is 35.1 Å². The van der Waals surface area contributed by atoms with Crippen molar-refractivity contribution in [2.45, 2.75) is 12.5 Å². The number of esters is 1. The first kappa shape index (κ1) is 26.7. The summed E-state index contributed by atoms with van der Waals surface area (Å²) in [7, 11) is 0. The molecule has 1 unspecified atom stereocenters. The zero-order valence-corrected chi connectivity index (χ0v) is 21.9. The van der Waals surface area contributed by atoms with Crippen LogP contribution in [0.25, 0.3) is 0 Å². The van der Waals surface area contributed by atoms with Crippen LogP contribution in [0.1, 0.15) is 34.1 Å². The molecule has 0 bridgehead atoms. The predicted molar refractivity (Wildman–Crippen MR) is 147 cm³/mol. The number of carbonyl (C=O) groups excluding carboxylic acids is 3. The fraction of sp³-hybridized carbons (Fsp3) is 0.133. The summed E-state index contributed by atoms with van der Waals surface area (Å²) in [6.07, 6.45) is 1.94. The summed E-state index contributed by atoms with van der Waals surface area (Å²) in [5.41, 5.74) is 1.83. The highest BCUT2D eigenvalue weighted by Gasteiger charge is 2.35. The van der Waals surface area contributed by atoms with E-state index in [1.165, 1.54) is 11.3 Å². The average molecular weight is 558 g/mol. The molecule has 0 fully saturated rings. The van der Waals surface area contributed by atoms with E-state index in [0.717, 1.165) is 5.56 Å². The number of benzene rings is 3. The zero-order valence-electron chi connectivity index (χ0n) is 21.2. The van der Waals surface area contributed by atoms with Crippen LogP contribution in [-0.4, -0.2) is 41.7 Å². The molecule has 1 aromatic heterocycles. The largest absolute Gasteiger partial charge is 0.467 e. The van der Waals surface area contributed by atoms with E-state index in [-0.39, 0.29) is 0 Å². The molecule has 4 aromatic rings. The van der Waals surface area contributed by atoms with Crippen molar-refractivity contribution in [2.24, 2.45) is 5.10 Å². The van der Waals surface area contributed by atoms with Crippen LogP contribution in [0.5, 0.6) is 11.5 Å². The van der Waals surface area contributed by atoms with Crippen molar-refractivity contribution < 1.29 is 28.3 Å². The van der Waals surface area contributed by atoms with Gasteiger partial charge in [-0.25, -0.2) is 5.01 Å². The van der Waals surface area contributed by atoms with Gasteiger partial charge in [0, 0.05) is 17.0 Å². The number of halogens is 1. The molecular weight excluding hydrogens is 534 g/mol. The molecule has 0 aliphatic carbocycles. The molecule has 9 nitrogen and oxygen atoms in total. The first-order valence-corrected chi connectivity index (χ1v) is 12.8. The molecule has 2 heterocycles. The highest BCUT2D eigenvalue weighted by molar-refractivity contribution is 6.30. The molecule has 10 heteroatoms. The van der Waals surface area contributed by atoms with E-state index >= 15 is 0 Å². The molecule has 40 heavy (non-hydrogen) atoms. The fourth-order valence-electron chi connectivity index (χ4n) is 4.07. The van der Waals surface area contributed by atoms with Crippen LogP contribution in [0.15, 0.2) is 107 Å². The lowest BCUT2D eigenvalue weighted by Gasteiger charge is -2.19. The van der Waals surface area contributed by atoms with Crippen LogP contribution in [0.2, 0.25) is 5.02 Å². The molecular formula is C30H24ClN3O6. The second-order valence-corrected chi connectivity index (χ2v) is 9.25. The van der Waals surface area contributed by atoms with Crippen molar-refractivity contribution in [3.05, 3.63) is 119 Å². The lowest BCUT2D eigenvalue weighted by Crippen LogP contribution is -2.34. The molecule has 1 aliphatic rings. The summed E-state index contributed by atoms with van der Waals surface area (Å²) in [5, 5.41) is 8.82. The van der Waals surface area contributed by atoms with Gasteiger partial charge in [-0.15, -0.1) is 0 Å². The molecule has 0 radical (unpaired) electrons. The third kappa shape index (κ3) is 6.57. The quantitative estimate of drug-likeness (QED) is 0.277. The van der Waals surface area contributed by atoms with Crippen molar-refractivity contribution in [1.29, 1.82) is 0 Å². The number of amides is 2. The molecule has 2 amide bonds. The van der Waals surface area contributed by atoms with E-state index in [0.29, 0.717) is 40.0 Å². The number of ether oxygens (including phenoxy) is 2. The normalized spacial score (nSPS) is 14.4. The molecule has 5 rings (SSSR count). The van der Waals surface area contributed by atoms with E-state index in [1.54, 1.807) is 48.5 Å². The Morgan fingerprint density at radius 1 is 0.925 bits per heavy atom. The van der Waals surface area contributed by atoms with Crippen molar-refractivity contribution in [1.82, 2.24) is 10.3 Å². The Balaban J connectivity index is 1.14. The Kier molecular flexibility index (Phi) is 8.22. The molecule has 0 spiro atoms. The van der Waals surface area contributed by atoms with Gasteiger partial charge in [-0.1, -0.05) is 41.9 Å². The van der Waals surface area contributed by atoms with Crippen molar-refractivity contribution in [2.75, 3.05) is 13.2 Å². The van der Waals surface area contributed by atoms with E-state index in [1.807, 2.05) is 42.5 Å². The van der Waals surface area contributed by atoms with Crippen molar-refractivity contribution in [3.8, 4) is 11.5 Å². The zero-order chi connectivity index (χ0) is 27.9. The Labute approximate surface area is 235 Å². The molecule has 3 aromatic carbocycles. The fourth-order valence-corrected chi connectivity index (χ4v) is 4.20. The SMILES string of the molecule is O=C(CNC(=O)c1ccc(Oc2ccccc2)cc1)OCC(=O)N1N=C(c2ccc(Cl)cc2)CC1c1ccco1. The van der Waals surface area contributed by atoms with E-state index in [4.69, 9.17) is 25.5 Å². The summed E-state index contributed by atoms with van der Waals surface area (Å²) in [4.78, 5) is 37.7. The second kappa shape index (κ2) is 12.3. The number of para-hydroxylation sites is 1. The standard InChI is InChI=1S/C30H24ClN3O6/c31-22-12-8-20(9-13-22)25-17-26(27-7-4-16-38-27)34(33-25)28(35)19-39-29(36)18-32-30(37)21-10-14-24(15-11-21)40-23-5-2-1-3-6-23/h1-16,26H,17-19H2,(H,32,37). The summed E-state index contributed by atoms with van der Waals surface area (Å²) in [6, 6.07) is 25.9. The first-order chi connectivity index (χ1) is 19.5.